The Balaban J connectivity index is 1.52. The number of esters is 1. The second-order valence-corrected chi connectivity index (χ2v) is 14.0. The lowest BCUT2D eigenvalue weighted by Crippen LogP contribution is -2.85. The first-order valence-electron chi connectivity index (χ1n) is 15.5. The van der Waals surface area contributed by atoms with Gasteiger partial charge in [0.1, 0.15) is 29.5 Å². The third kappa shape index (κ3) is 3.16. The highest BCUT2D eigenvalue weighted by Crippen LogP contribution is 2.81. The van der Waals surface area contributed by atoms with Crippen LogP contribution in [0.3, 0.4) is 0 Å². The summed E-state index contributed by atoms with van der Waals surface area (Å²) in [5, 5.41) is 63.2. The van der Waals surface area contributed by atoms with Crippen molar-refractivity contribution in [2.24, 2.45) is 28.6 Å². The predicted molar refractivity (Wildman–Crippen MR) is 152 cm³/mol. The lowest BCUT2D eigenvalue weighted by Gasteiger charge is -2.72. The van der Waals surface area contributed by atoms with E-state index in [1.54, 1.807) is 37.4 Å². The standard InChI is InChI=1S/C32H45NO11/c1-6-33-14-28(15-40-2)17(34)12-18(41-3)31-21(28)20(42-4)19(23(31)33)32(39)22-25(44-27(36)16-10-8-7-9-11-16)29(37,13-30(22,31)38)26(43-5)24(32)35/h7-11,17-26,34-35,37-39H,6,12-15H2,1-5H3/t17?,18?,19-,20?,21+,22-,23+,24?,25?,26?,28-,29-,30-,31+,32-/m0/s1. The zero-order chi connectivity index (χ0) is 31.6. The number of carbonyl (C=O) groups is 1. The normalized spacial score (nSPS) is 53.5. The van der Waals surface area contributed by atoms with Crippen LogP contribution in [0.4, 0.5) is 0 Å². The topological polar surface area (TPSA) is 168 Å². The number of piperidine rings is 1. The van der Waals surface area contributed by atoms with Crippen molar-refractivity contribution in [2.45, 2.75) is 79.2 Å². The van der Waals surface area contributed by atoms with Crippen LogP contribution < -0.4 is 0 Å². The Labute approximate surface area is 256 Å². The number of ether oxygens (including phenoxy) is 5. The number of hydrogen-bond acceptors (Lipinski definition) is 12. The van der Waals surface area contributed by atoms with E-state index in [0.717, 1.165) is 0 Å². The molecule has 244 valence electrons. The van der Waals surface area contributed by atoms with E-state index in [1.807, 2.05) is 6.92 Å². The molecule has 5 saturated carbocycles. The molecule has 44 heavy (non-hydrogen) atoms. The van der Waals surface area contributed by atoms with Gasteiger partial charge in [0, 0.05) is 76.5 Å². The third-order valence-corrected chi connectivity index (χ3v) is 12.9. The summed E-state index contributed by atoms with van der Waals surface area (Å²) < 4.78 is 30.1. The summed E-state index contributed by atoms with van der Waals surface area (Å²) in [6.07, 6.45) is -7.16. The van der Waals surface area contributed by atoms with Crippen molar-refractivity contribution in [3.63, 3.8) is 0 Å². The SMILES string of the molecule is CCN1C[C@]2(COC)C(O)CC(OC)[C@@]34[C@@H]2C(OC)[C@@H]([C@@H]13)[C@@]1(O)C(O)C(OC)[C@]2(O)C[C@]4(O)[C@@H]1C2OC(=O)c1ccccc1. The van der Waals surface area contributed by atoms with Crippen LogP contribution >= 0.6 is 0 Å². The molecule has 6 unspecified atom stereocenters. The van der Waals surface area contributed by atoms with Crippen molar-refractivity contribution in [1.29, 1.82) is 0 Å². The van der Waals surface area contributed by atoms with Crippen LogP contribution in [-0.2, 0) is 23.7 Å². The van der Waals surface area contributed by atoms with E-state index in [0.29, 0.717) is 13.1 Å². The van der Waals surface area contributed by atoms with Crippen molar-refractivity contribution in [3.8, 4) is 0 Å². The van der Waals surface area contributed by atoms with E-state index in [4.69, 9.17) is 23.7 Å². The Morgan fingerprint density at radius 2 is 1.68 bits per heavy atom. The van der Waals surface area contributed by atoms with Gasteiger partial charge in [-0.15, -0.1) is 0 Å². The average Bonchev–Trinajstić information content (AvgIpc) is 3.37. The van der Waals surface area contributed by atoms with E-state index in [9.17, 15) is 30.3 Å². The number of hydrogen-bond donors (Lipinski definition) is 5. The van der Waals surface area contributed by atoms with E-state index >= 15 is 0 Å². The second kappa shape index (κ2) is 9.90. The van der Waals surface area contributed by atoms with Gasteiger partial charge in [0.25, 0.3) is 0 Å². The second-order valence-electron chi connectivity index (χ2n) is 14.0. The number of likely N-dealkylation sites (tertiary alicyclic amines) is 1. The average molecular weight is 620 g/mol. The first kappa shape index (κ1) is 30.9. The van der Waals surface area contributed by atoms with Gasteiger partial charge in [0.15, 0.2) is 0 Å². The molecule has 6 fully saturated rings. The van der Waals surface area contributed by atoms with Crippen molar-refractivity contribution in [2.75, 3.05) is 48.1 Å². The summed E-state index contributed by atoms with van der Waals surface area (Å²) in [5.41, 5.74) is -8.14. The Morgan fingerprint density at radius 3 is 2.27 bits per heavy atom. The van der Waals surface area contributed by atoms with Crippen molar-refractivity contribution in [1.82, 2.24) is 4.90 Å². The molecule has 15 atom stereocenters. The van der Waals surface area contributed by atoms with Crippen LogP contribution in [0.15, 0.2) is 30.3 Å². The Morgan fingerprint density at radius 1 is 0.977 bits per heavy atom. The van der Waals surface area contributed by atoms with E-state index < -0.39 is 94.0 Å². The molecule has 0 radical (unpaired) electrons. The van der Waals surface area contributed by atoms with E-state index in [-0.39, 0.29) is 25.0 Å². The fourth-order valence-corrected chi connectivity index (χ4v) is 11.9. The fourth-order valence-electron chi connectivity index (χ4n) is 11.9. The molecule has 5 aliphatic carbocycles. The molecular formula is C32H45NO11. The molecule has 0 aromatic heterocycles. The number of fused-ring (bicyclic) bond motifs is 2. The van der Waals surface area contributed by atoms with E-state index in [2.05, 4.69) is 4.90 Å². The summed E-state index contributed by atoms with van der Waals surface area (Å²) >= 11 is 0. The molecule has 12 nitrogen and oxygen atoms in total. The van der Waals surface area contributed by atoms with Gasteiger partial charge < -0.3 is 49.2 Å². The molecule has 1 heterocycles. The van der Waals surface area contributed by atoms with E-state index in [1.165, 1.54) is 21.3 Å². The van der Waals surface area contributed by atoms with Gasteiger partial charge in [0.2, 0.25) is 0 Å². The first-order chi connectivity index (χ1) is 20.9. The van der Waals surface area contributed by atoms with Crippen LogP contribution in [0.5, 0.6) is 0 Å². The summed E-state index contributed by atoms with van der Waals surface area (Å²) in [7, 11) is 5.96. The van der Waals surface area contributed by atoms with Gasteiger partial charge in [0.05, 0.1) is 42.0 Å². The minimum absolute atomic E-state index is 0.145. The number of nitrogens with zero attached hydrogens (tertiary/aromatic N) is 1. The van der Waals surface area contributed by atoms with Gasteiger partial charge in [-0.3, -0.25) is 4.90 Å². The largest absolute Gasteiger partial charge is 0.455 e. The summed E-state index contributed by atoms with van der Waals surface area (Å²) in [5.74, 6) is -3.55. The third-order valence-electron chi connectivity index (χ3n) is 12.9. The van der Waals surface area contributed by atoms with Crippen LogP contribution in [0, 0.1) is 28.6 Å². The van der Waals surface area contributed by atoms with Gasteiger partial charge in [-0.2, -0.15) is 0 Å². The quantitative estimate of drug-likeness (QED) is 0.230. The summed E-state index contributed by atoms with van der Waals surface area (Å²) in [4.78, 5) is 15.7. The Bertz CT molecular complexity index is 1300. The molecule has 1 spiro atoms. The van der Waals surface area contributed by atoms with Crippen LogP contribution in [0.1, 0.15) is 30.1 Å². The van der Waals surface area contributed by atoms with Gasteiger partial charge in [-0.05, 0) is 18.7 Å². The molecule has 1 aromatic carbocycles. The minimum Gasteiger partial charge on any atom is -0.455 e. The zero-order valence-electron chi connectivity index (χ0n) is 25.8. The molecule has 0 amide bonds. The molecule has 1 aliphatic heterocycles. The van der Waals surface area contributed by atoms with Crippen LogP contribution in [0.25, 0.3) is 0 Å². The number of aliphatic hydroxyl groups is 5. The molecule has 6 aliphatic rings. The maximum Gasteiger partial charge on any atom is 0.338 e. The highest BCUT2D eigenvalue weighted by molar-refractivity contribution is 5.89. The lowest BCUT2D eigenvalue weighted by molar-refractivity contribution is -0.354. The lowest BCUT2D eigenvalue weighted by atomic mass is 9.40. The summed E-state index contributed by atoms with van der Waals surface area (Å²) in [6, 6.07) is 7.71. The first-order valence-corrected chi connectivity index (χ1v) is 15.5. The minimum atomic E-state index is -2.15. The molecule has 7 bridgehead atoms. The van der Waals surface area contributed by atoms with Gasteiger partial charge >= 0.3 is 5.97 Å². The number of methoxy groups -OCH3 is 4. The molecule has 1 saturated heterocycles. The molecular weight excluding hydrogens is 574 g/mol. The molecule has 12 heteroatoms. The number of carbonyl (C=O) groups excluding carboxylic acids is 1. The Kier molecular flexibility index (Phi) is 6.96. The maximum atomic E-state index is 13.6. The molecule has 5 N–H and O–H groups in total. The predicted octanol–water partition coefficient (Wildman–Crippen LogP) is -0.808. The van der Waals surface area contributed by atoms with Gasteiger partial charge in [-0.1, -0.05) is 25.1 Å². The van der Waals surface area contributed by atoms with Gasteiger partial charge in [-0.25, -0.2) is 4.79 Å². The number of benzene rings is 1. The van der Waals surface area contributed by atoms with Crippen molar-refractivity contribution < 1.29 is 54.0 Å². The zero-order valence-corrected chi connectivity index (χ0v) is 25.8. The van der Waals surface area contributed by atoms with Crippen LogP contribution in [-0.4, -0.2) is 144 Å². The van der Waals surface area contributed by atoms with Crippen LogP contribution in [0.2, 0.25) is 0 Å². The number of aliphatic hydroxyl groups excluding tert-OH is 2. The maximum absolute atomic E-state index is 13.6. The highest BCUT2D eigenvalue weighted by Gasteiger charge is 2.95. The monoisotopic (exact) mass is 619 g/mol. The van der Waals surface area contributed by atoms with Crippen molar-refractivity contribution in [3.05, 3.63) is 35.9 Å². The highest BCUT2D eigenvalue weighted by atomic mass is 16.6. The molecule has 1 aromatic rings. The Hall–Kier alpha value is -1.71. The fraction of sp³-hybridized carbons (Fsp3) is 0.781. The summed E-state index contributed by atoms with van der Waals surface area (Å²) in [6.45, 7) is 3.02. The molecule has 7 rings (SSSR count). The number of rotatable bonds is 8. The smallest absolute Gasteiger partial charge is 0.338 e. The van der Waals surface area contributed by atoms with Crippen molar-refractivity contribution >= 4 is 5.97 Å².